The van der Waals surface area contributed by atoms with Crippen LogP contribution in [-0.2, 0) is 6.61 Å². The van der Waals surface area contributed by atoms with Gasteiger partial charge in [0.05, 0.1) is 0 Å². The summed E-state index contributed by atoms with van der Waals surface area (Å²) in [5.74, 6) is 0.925. The average Bonchev–Trinajstić information content (AvgIpc) is 3.19. The van der Waals surface area contributed by atoms with Crippen molar-refractivity contribution in [2.75, 3.05) is 13.1 Å². The van der Waals surface area contributed by atoms with Crippen molar-refractivity contribution in [3.8, 4) is 5.75 Å². The second-order valence-electron chi connectivity index (χ2n) is 5.61. The zero-order chi connectivity index (χ0) is 15.5. The van der Waals surface area contributed by atoms with E-state index in [4.69, 9.17) is 4.74 Å². The van der Waals surface area contributed by atoms with Crippen molar-refractivity contribution in [3.05, 3.63) is 45.4 Å². The number of nitrogens with zero attached hydrogens (tertiary/aromatic N) is 2. The standard InChI is InChI=1S/C17H20N2O2S/c1-12-6-5-7-15(13(12)2)21-10-16-18-14(11-22-16)17(20)19-8-3-4-9-19/h5-7,11H,3-4,8-10H2,1-2H3. The van der Waals surface area contributed by atoms with E-state index in [1.807, 2.05) is 22.4 Å². The van der Waals surface area contributed by atoms with Gasteiger partial charge < -0.3 is 9.64 Å². The summed E-state index contributed by atoms with van der Waals surface area (Å²) < 4.78 is 5.85. The fourth-order valence-corrected chi connectivity index (χ4v) is 3.26. The molecule has 3 rings (SSSR count). The number of likely N-dealkylation sites (tertiary alicyclic amines) is 1. The summed E-state index contributed by atoms with van der Waals surface area (Å²) in [6, 6.07) is 6.02. The molecular weight excluding hydrogens is 296 g/mol. The third kappa shape index (κ3) is 3.14. The smallest absolute Gasteiger partial charge is 0.273 e. The number of thiazole rings is 1. The normalized spacial score (nSPS) is 14.4. The molecular formula is C17H20N2O2S. The third-order valence-corrected chi connectivity index (χ3v) is 4.89. The summed E-state index contributed by atoms with van der Waals surface area (Å²) in [6.07, 6.45) is 2.19. The monoisotopic (exact) mass is 316 g/mol. The summed E-state index contributed by atoms with van der Waals surface area (Å²) in [6.45, 7) is 6.23. The fraction of sp³-hybridized carbons (Fsp3) is 0.412. The molecule has 0 spiro atoms. The van der Waals surface area contributed by atoms with Crippen molar-refractivity contribution in [1.29, 1.82) is 0 Å². The van der Waals surface area contributed by atoms with Gasteiger partial charge in [0.25, 0.3) is 5.91 Å². The lowest BCUT2D eigenvalue weighted by Crippen LogP contribution is -2.27. The molecule has 1 saturated heterocycles. The topological polar surface area (TPSA) is 42.4 Å². The van der Waals surface area contributed by atoms with Crippen LogP contribution in [0.4, 0.5) is 0 Å². The van der Waals surface area contributed by atoms with Crippen LogP contribution >= 0.6 is 11.3 Å². The zero-order valence-electron chi connectivity index (χ0n) is 13.0. The van der Waals surface area contributed by atoms with Crippen LogP contribution in [0, 0.1) is 13.8 Å². The van der Waals surface area contributed by atoms with Gasteiger partial charge in [-0.15, -0.1) is 11.3 Å². The van der Waals surface area contributed by atoms with Gasteiger partial charge in [-0.1, -0.05) is 12.1 Å². The number of carbonyl (C=O) groups excluding carboxylic acids is 1. The van der Waals surface area contributed by atoms with Crippen molar-refractivity contribution in [2.24, 2.45) is 0 Å². The van der Waals surface area contributed by atoms with Gasteiger partial charge in [-0.2, -0.15) is 0 Å². The van der Waals surface area contributed by atoms with Crippen LogP contribution in [0.2, 0.25) is 0 Å². The molecule has 0 aliphatic carbocycles. The molecule has 1 aliphatic rings. The lowest BCUT2D eigenvalue weighted by Gasteiger charge is -2.12. The quantitative estimate of drug-likeness (QED) is 0.866. The van der Waals surface area contributed by atoms with E-state index in [1.165, 1.54) is 16.9 Å². The van der Waals surface area contributed by atoms with Gasteiger partial charge in [-0.3, -0.25) is 4.79 Å². The van der Waals surface area contributed by atoms with Gasteiger partial charge in [-0.05, 0) is 43.9 Å². The molecule has 0 unspecified atom stereocenters. The van der Waals surface area contributed by atoms with Gasteiger partial charge in [0, 0.05) is 18.5 Å². The van der Waals surface area contributed by atoms with E-state index in [-0.39, 0.29) is 5.91 Å². The van der Waals surface area contributed by atoms with Gasteiger partial charge in [-0.25, -0.2) is 4.98 Å². The van der Waals surface area contributed by atoms with E-state index in [1.54, 1.807) is 0 Å². The Morgan fingerprint density at radius 2 is 2.09 bits per heavy atom. The summed E-state index contributed by atoms with van der Waals surface area (Å²) in [5, 5.41) is 2.67. The van der Waals surface area contributed by atoms with Crippen LogP contribution in [0.5, 0.6) is 5.75 Å². The average molecular weight is 316 g/mol. The Balaban J connectivity index is 1.64. The van der Waals surface area contributed by atoms with E-state index in [2.05, 4.69) is 24.9 Å². The molecule has 0 radical (unpaired) electrons. The lowest BCUT2D eigenvalue weighted by atomic mass is 10.1. The number of carbonyl (C=O) groups is 1. The van der Waals surface area contributed by atoms with E-state index in [0.29, 0.717) is 12.3 Å². The molecule has 5 heteroatoms. The Morgan fingerprint density at radius 1 is 1.32 bits per heavy atom. The maximum atomic E-state index is 12.3. The highest BCUT2D eigenvalue weighted by atomic mass is 32.1. The van der Waals surface area contributed by atoms with Crippen molar-refractivity contribution in [2.45, 2.75) is 33.3 Å². The number of ether oxygens (including phenoxy) is 1. The molecule has 2 heterocycles. The minimum atomic E-state index is 0.0479. The van der Waals surface area contributed by atoms with Gasteiger partial charge in [0.2, 0.25) is 0 Å². The van der Waals surface area contributed by atoms with Gasteiger partial charge in [0.15, 0.2) is 0 Å². The second kappa shape index (κ2) is 6.48. The molecule has 0 atom stereocenters. The van der Waals surface area contributed by atoms with Gasteiger partial charge in [0.1, 0.15) is 23.1 Å². The van der Waals surface area contributed by atoms with Crippen molar-refractivity contribution >= 4 is 17.2 Å². The highest BCUT2D eigenvalue weighted by Crippen LogP contribution is 2.23. The molecule has 4 nitrogen and oxygen atoms in total. The van der Waals surface area contributed by atoms with E-state index < -0.39 is 0 Å². The highest BCUT2D eigenvalue weighted by Gasteiger charge is 2.21. The van der Waals surface area contributed by atoms with Crippen LogP contribution < -0.4 is 4.74 Å². The minimum absolute atomic E-state index is 0.0479. The van der Waals surface area contributed by atoms with E-state index >= 15 is 0 Å². The molecule has 0 bridgehead atoms. The first kappa shape index (κ1) is 15.0. The Morgan fingerprint density at radius 3 is 2.86 bits per heavy atom. The van der Waals surface area contributed by atoms with Crippen LogP contribution in [0.15, 0.2) is 23.6 Å². The van der Waals surface area contributed by atoms with E-state index in [0.717, 1.165) is 42.3 Å². The molecule has 1 fully saturated rings. The first-order chi connectivity index (χ1) is 10.6. The number of benzene rings is 1. The Bertz CT molecular complexity index is 675. The number of hydrogen-bond donors (Lipinski definition) is 0. The summed E-state index contributed by atoms with van der Waals surface area (Å²) >= 11 is 1.48. The predicted octanol–water partition coefficient (Wildman–Crippen LogP) is 3.57. The zero-order valence-corrected chi connectivity index (χ0v) is 13.8. The van der Waals surface area contributed by atoms with Crippen LogP contribution in [-0.4, -0.2) is 28.9 Å². The molecule has 1 aromatic carbocycles. The Hall–Kier alpha value is -1.88. The van der Waals surface area contributed by atoms with Crippen molar-refractivity contribution in [3.63, 3.8) is 0 Å². The molecule has 22 heavy (non-hydrogen) atoms. The number of rotatable bonds is 4. The van der Waals surface area contributed by atoms with Crippen LogP contribution in [0.25, 0.3) is 0 Å². The fourth-order valence-electron chi connectivity index (χ4n) is 2.58. The molecule has 1 amide bonds. The maximum absolute atomic E-state index is 12.3. The number of amides is 1. The third-order valence-electron chi connectivity index (χ3n) is 4.07. The Kier molecular flexibility index (Phi) is 4.43. The van der Waals surface area contributed by atoms with E-state index in [9.17, 15) is 4.79 Å². The van der Waals surface area contributed by atoms with Crippen LogP contribution in [0.1, 0.15) is 39.5 Å². The first-order valence-electron chi connectivity index (χ1n) is 7.58. The first-order valence-corrected chi connectivity index (χ1v) is 8.46. The second-order valence-corrected chi connectivity index (χ2v) is 6.56. The summed E-state index contributed by atoms with van der Waals surface area (Å²) in [4.78, 5) is 18.6. The number of hydrogen-bond acceptors (Lipinski definition) is 4. The largest absolute Gasteiger partial charge is 0.486 e. The lowest BCUT2D eigenvalue weighted by molar-refractivity contribution is 0.0787. The van der Waals surface area contributed by atoms with Gasteiger partial charge >= 0.3 is 0 Å². The summed E-state index contributed by atoms with van der Waals surface area (Å²) in [7, 11) is 0. The molecule has 1 aromatic heterocycles. The Labute approximate surface area is 134 Å². The van der Waals surface area contributed by atoms with Crippen molar-refractivity contribution < 1.29 is 9.53 Å². The molecule has 1 aliphatic heterocycles. The highest BCUT2D eigenvalue weighted by molar-refractivity contribution is 7.09. The SMILES string of the molecule is Cc1cccc(OCc2nc(C(=O)N3CCCC3)cs2)c1C. The maximum Gasteiger partial charge on any atom is 0.273 e. The number of aryl methyl sites for hydroxylation is 1. The predicted molar refractivity (Wildman–Crippen MR) is 87.5 cm³/mol. The molecule has 116 valence electrons. The molecule has 2 aromatic rings. The molecule has 0 saturated carbocycles. The van der Waals surface area contributed by atoms with Crippen LogP contribution in [0.3, 0.4) is 0 Å². The molecule has 0 N–H and O–H groups in total. The number of aromatic nitrogens is 1. The van der Waals surface area contributed by atoms with Crippen molar-refractivity contribution in [1.82, 2.24) is 9.88 Å². The minimum Gasteiger partial charge on any atom is -0.486 e. The summed E-state index contributed by atoms with van der Waals surface area (Å²) in [5.41, 5.74) is 2.90.